The number of aromatic nitrogens is 6. The number of anilines is 3. The highest BCUT2D eigenvalue weighted by Crippen LogP contribution is 2.36. The van der Waals surface area contributed by atoms with Gasteiger partial charge in [-0.05, 0) is 38.0 Å². The number of pyridine rings is 1. The number of aryl methyl sites for hydroxylation is 1. The lowest BCUT2D eigenvalue weighted by atomic mass is 10.1. The van der Waals surface area contributed by atoms with Gasteiger partial charge in [0.05, 0.1) is 24.0 Å². The molecule has 0 aliphatic carbocycles. The summed E-state index contributed by atoms with van der Waals surface area (Å²) < 4.78 is 5.71. The Morgan fingerprint density at radius 2 is 2.15 bits per heavy atom. The summed E-state index contributed by atoms with van der Waals surface area (Å²) in [5.74, 6) is 2.61. The van der Waals surface area contributed by atoms with E-state index in [4.69, 9.17) is 14.5 Å². The maximum absolute atomic E-state index is 9.21. The molecule has 0 amide bonds. The lowest BCUT2D eigenvalue weighted by Crippen LogP contribution is -2.25. The van der Waals surface area contributed by atoms with E-state index in [9.17, 15) is 5.11 Å². The lowest BCUT2D eigenvalue weighted by molar-refractivity contribution is 0.343. The van der Waals surface area contributed by atoms with Crippen LogP contribution in [-0.4, -0.2) is 48.6 Å². The van der Waals surface area contributed by atoms with Crippen LogP contribution in [0.3, 0.4) is 0 Å². The number of rotatable bonds is 7. The van der Waals surface area contributed by atoms with E-state index in [1.807, 2.05) is 43.3 Å². The fourth-order valence-corrected chi connectivity index (χ4v) is 3.90. The van der Waals surface area contributed by atoms with E-state index in [1.165, 1.54) is 0 Å². The zero-order valence-corrected chi connectivity index (χ0v) is 18.1. The minimum atomic E-state index is -0.0681. The number of aliphatic hydroxyl groups is 1. The molecule has 0 saturated carbocycles. The van der Waals surface area contributed by atoms with E-state index in [1.54, 1.807) is 18.3 Å². The molecule has 1 aliphatic rings. The molecule has 1 atom stereocenters. The second kappa shape index (κ2) is 9.21. The first-order valence-corrected chi connectivity index (χ1v) is 10.8. The topological polar surface area (TPSA) is 129 Å². The Hall–Kier alpha value is -4.05. The van der Waals surface area contributed by atoms with E-state index < -0.39 is 0 Å². The van der Waals surface area contributed by atoms with E-state index in [2.05, 4.69) is 30.6 Å². The van der Waals surface area contributed by atoms with Gasteiger partial charge in [0, 0.05) is 36.6 Å². The average molecular weight is 444 g/mol. The highest BCUT2D eigenvalue weighted by atomic mass is 16.5. The number of aliphatic hydroxyl groups excluding tert-OH is 1. The molecule has 4 aromatic rings. The standard InChI is InChI=1S/C23H24N8O2/c1-15-12-22(29-28-15)26-21-13-16(6-5-11-32)25-23(27-21)31-10-4-8-19(31)20-14-18(30-33-20)17-7-2-3-9-24-17/h2-3,5-7,9,12-14,19,32H,4,8,10-11H2,1H3,(H2,25,26,27,28,29)/t19-/m0/s1. The van der Waals surface area contributed by atoms with E-state index in [-0.39, 0.29) is 12.6 Å². The molecular formula is C23H24N8O2. The summed E-state index contributed by atoms with van der Waals surface area (Å²) in [6, 6.07) is 11.3. The van der Waals surface area contributed by atoms with Crippen molar-refractivity contribution in [1.82, 2.24) is 30.3 Å². The molecule has 5 rings (SSSR count). The van der Waals surface area contributed by atoms with Gasteiger partial charge < -0.3 is 19.8 Å². The first kappa shape index (κ1) is 20.8. The molecule has 0 radical (unpaired) electrons. The van der Waals surface area contributed by atoms with Crippen molar-refractivity contribution in [3.8, 4) is 11.4 Å². The van der Waals surface area contributed by atoms with Gasteiger partial charge in [-0.15, -0.1) is 0 Å². The van der Waals surface area contributed by atoms with Gasteiger partial charge in [0.15, 0.2) is 11.6 Å². The van der Waals surface area contributed by atoms with E-state index >= 15 is 0 Å². The number of H-pyrrole nitrogens is 1. The van der Waals surface area contributed by atoms with Crippen molar-refractivity contribution in [1.29, 1.82) is 0 Å². The lowest BCUT2D eigenvalue weighted by Gasteiger charge is -2.23. The van der Waals surface area contributed by atoms with Crippen LogP contribution in [0, 0.1) is 6.92 Å². The highest BCUT2D eigenvalue weighted by Gasteiger charge is 2.32. The summed E-state index contributed by atoms with van der Waals surface area (Å²) in [4.78, 5) is 15.9. The van der Waals surface area contributed by atoms with Gasteiger partial charge in [-0.3, -0.25) is 10.1 Å². The maximum atomic E-state index is 9.21. The Balaban J connectivity index is 1.46. The molecule has 10 heteroatoms. The Kier molecular flexibility index (Phi) is 5.81. The van der Waals surface area contributed by atoms with Gasteiger partial charge in [-0.2, -0.15) is 10.1 Å². The van der Waals surface area contributed by atoms with Crippen LogP contribution in [0.15, 0.2) is 53.2 Å². The summed E-state index contributed by atoms with van der Waals surface area (Å²) in [6.45, 7) is 2.66. The minimum absolute atomic E-state index is 0.0347. The highest BCUT2D eigenvalue weighted by molar-refractivity contribution is 5.60. The molecule has 3 N–H and O–H groups in total. The maximum Gasteiger partial charge on any atom is 0.228 e. The molecule has 0 aromatic carbocycles. The van der Waals surface area contributed by atoms with Gasteiger partial charge in [0.25, 0.3) is 0 Å². The zero-order chi connectivity index (χ0) is 22.6. The van der Waals surface area contributed by atoms with E-state index in [0.717, 1.165) is 36.5 Å². The van der Waals surface area contributed by atoms with Crippen LogP contribution in [0.5, 0.6) is 0 Å². The Morgan fingerprint density at radius 1 is 1.21 bits per heavy atom. The molecule has 5 heterocycles. The molecular weight excluding hydrogens is 420 g/mol. The summed E-state index contributed by atoms with van der Waals surface area (Å²) in [5, 5.41) is 23.8. The summed E-state index contributed by atoms with van der Waals surface area (Å²) in [7, 11) is 0. The molecule has 0 bridgehead atoms. The first-order valence-electron chi connectivity index (χ1n) is 10.8. The predicted molar refractivity (Wildman–Crippen MR) is 124 cm³/mol. The average Bonchev–Trinajstić information content (AvgIpc) is 3.59. The fraction of sp³-hybridized carbons (Fsp3) is 0.261. The quantitative estimate of drug-likeness (QED) is 0.391. The first-order chi connectivity index (χ1) is 16.2. The van der Waals surface area contributed by atoms with Crippen LogP contribution in [0.1, 0.15) is 36.0 Å². The molecule has 1 aliphatic heterocycles. The van der Waals surface area contributed by atoms with Crippen molar-refractivity contribution >= 4 is 23.7 Å². The molecule has 1 fully saturated rings. The second-order valence-electron chi connectivity index (χ2n) is 7.81. The molecule has 1 saturated heterocycles. The van der Waals surface area contributed by atoms with Crippen molar-refractivity contribution in [3.05, 3.63) is 65.8 Å². The molecule has 0 spiro atoms. The predicted octanol–water partition coefficient (Wildman–Crippen LogP) is 3.65. The third-order valence-electron chi connectivity index (χ3n) is 5.38. The van der Waals surface area contributed by atoms with Crippen molar-refractivity contribution in [2.45, 2.75) is 25.8 Å². The van der Waals surface area contributed by atoms with Crippen LogP contribution >= 0.6 is 0 Å². The van der Waals surface area contributed by atoms with Crippen molar-refractivity contribution in [2.24, 2.45) is 0 Å². The smallest absolute Gasteiger partial charge is 0.228 e. The van der Waals surface area contributed by atoms with Crippen molar-refractivity contribution in [3.63, 3.8) is 0 Å². The third-order valence-corrected chi connectivity index (χ3v) is 5.38. The summed E-state index contributed by atoms with van der Waals surface area (Å²) in [5.41, 5.74) is 3.10. The SMILES string of the molecule is Cc1cc(Nc2cc(C=CCO)nc(N3CCC[C@H]3c3cc(-c4ccccn4)no3)n2)n[nH]1. The van der Waals surface area contributed by atoms with Gasteiger partial charge >= 0.3 is 0 Å². The largest absolute Gasteiger partial charge is 0.392 e. The van der Waals surface area contributed by atoms with Crippen molar-refractivity contribution < 1.29 is 9.63 Å². The normalized spacial score (nSPS) is 16.1. The molecule has 0 unspecified atom stereocenters. The Labute approximate surface area is 190 Å². The van der Waals surface area contributed by atoms with Crippen LogP contribution < -0.4 is 10.2 Å². The third kappa shape index (κ3) is 4.60. The second-order valence-corrected chi connectivity index (χ2v) is 7.81. The Bertz CT molecular complexity index is 1250. The zero-order valence-electron chi connectivity index (χ0n) is 18.1. The van der Waals surface area contributed by atoms with Gasteiger partial charge in [-0.25, -0.2) is 4.98 Å². The van der Waals surface area contributed by atoms with E-state index in [0.29, 0.717) is 29.0 Å². The van der Waals surface area contributed by atoms with Crippen LogP contribution in [-0.2, 0) is 0 Å². The van der Waals surface area contributed by atoms with Gasteiger partial charge in [0.1, 0.15) is 11.5 Å². The molecule has 33 heavy (non-hydrogen) atoms. The summed E-state index contributed by atoms with van der Waals surface area (Å²) >= 11 is 0. The molecule has 168 valence electrons. The molecule has 10 nitrogen and oxygen atoms in total. The number of nitrogens with one attached hydrogen (secondary N) is 2. The Morgan fingerprint density at radius 3 is 2.94 bits per heavy atom. The van der Waals surface area contributed by atoms with Crippen LogP contribution in [0.2, 0.25) is 0 Å². The minimum Gasteiger partial charge on any atom is -0.392 e. The number of nitrogens with zero attached hydrogens (tertiary/aromatic N) is 6. The number of hydrogen-bond donors (Lipinski definition) is 3. The summed E-state index contributed by atoms with van der Waals surface area (Å²) in [6.07, 6.45) is 7.03. The number of hydrogen-bond acceptors (Lipinski definition) is 9. The van der Waals surface area contributed by atoms with Gasteiger partial charge in [0.2, 0.25) is 5.95 Å². The van der Waals surface area contributed by atoms with Crippen molar-refractivity contribution in [2.75, 3.05) is 23.4 Å². The molecule has 4 aromatic heterocycles. The fourth-order valence-electron chi connectivity index (χ4n) is 3.90. The number of aromatic amines is 1. The van der Waals surface area contributed by atoms with Gasteiger partial charge in [-0.1, -0.05) is 17.3 Å². The van der Waals surface area contributed by atoms with Crippen LogP contribution in [0.4, 0.5) is 17.6 Å². The van der Waals surface area contributed by atoms with Crippen LogP contribution in [0.25, 0.3) is 17.5 Å². The monoisotopic (exact) mass is 444 g/mol.